The van der Waals surface area contributed by atoms with Crippen LogP contribution in [0, 0.1) is 0 Å². The van der Waals surface area contributed by atoms with Gasteiger partial charge in [0.15, 0.2) is 0 Å². The minimum absolute atomic E-state index is 0.544. The normalized spacial score (nSPS) is 10.4. The molecule has 3 nitrogen and oxygen atoms in total. The molecule has 2 N–H and O–H groups in total. The van der Waals surface area contributed by atoms with E-state index in [4.69, 9.17) is 15.2 Å². The molecule has 0 fully saturated rings. The lowest BCUT2D eigenvalue weighted by Gasteiger charge is -2.09. The quantitative estimate of drug-likeness (QED) is 0.865. The first-order valence-electron chi connectivity index (χ1n) is 6.31. The molecule has 0 aliphatic heterocycles. The van der Waals surface area contributed by atoms with Gasteiger partial charge in [0.2, 0.25) is 0 Å². The smallest absolute Gasteiger partial charge is 0.118 e. The highest BCUT2D eigenvalue weighted by molar-refractivity contribution is 5.27. The summed E-state index contributed by atoms with van der Waals surface area (Å²) in [6, 6.07) is 16.0. The Morgan fingerprint density at radius 2 is 1.58 bits per heavy atom. The molecule has 0 amide bonds. The highest BCUT2D eigenvalue weighted by atomic mass is 16.5. The summed E-state index contributed by atoms with van der Waals surface area (Å²) in [7, 11) is 1.66. The van der Waals surface area contributed by atoms with Crippen LogP contribution in [0.15, 0.2) is 48.5 Å². The van der Waals surface area contributed by atoms with Gasteiger partial charge < -0.3 is 15.2 Å². The Hall–Kier alpha value is -1.84. The van der Waals surface area contributed by atoms with Crippen molar-refractivity contribution in [2.75, 3.05) is 7.11 Å². The van der Waals surface area contributed by atoms with E-state index in [-0.39, 0.29) is 0 Å². The molecule has 2 aromatic carbocycles. The zero-order valence-corrected chi connectivity index (χ0v) is 11.1. The Labute approximate surface area is 114 Å². The molecule has 0 bridgehead atoms. The molecule has 0 heterocycles. The van der Waals surface area contributed by atoms with Crippen molar-refractivity contribution in [1.82, 2.24) is 0 Å². The Kier molecular flexibility index (Phi) is 4.95. The van der Waals surface area contributed by atoms with Crippen molar-refractivity contribution in [3.05, 3.63) is 65.2 Å². The fourth-order valence-electron chi connectivity index (χ4n) is 1.90. The molecular formula is C16H19NO2. The lowest BCUT2D eigenvalue weighted by Crippen LogP contribution is -2.03. The van der Waals surface area contributed by atoms with Gasteiger partial charge in [-0.2, -0.15) is 0 Å². The van der Waals surface area contributed by atoms with Crippen molar-refractivity contribution in [3.63, 3.8) is 0 Å². The number of rotatable bonds is 6. The van der Waals surface area contributed by atoms with E-state index in [9.17, 15) is 0 Å². The van der Waals surface area contributed by atoms with E-state index in [1.807, 2.05) is 42.5 Å². The second-order valence-electron chi connectivity index (χ2n) is 4.31. The maximum absolute atomic E-state index is 5.73. The molecule has 0 aromatic heterocycles. The summed E-state index contributed by atoms with van der Waals surface area (Å²) < 4.78 is 10.8. The average Bonchev–Trinajstić information content (AvgIpc) is 2.48. The second-order valence-corrected chi connectivity index (χ2v) is 4.31. The van der Waals surface area contributed by atoms with Crippen molar-refractivity contribution in [2.24, 2.45) is 5.73 Å². The Bertz CT molecular complexity index is 508. The third kappa shape index (κ3) is 3.81. The Balaban J connectivity index is 1.88. The van der Waals surface area contributed by atoms with Crippen LogP contribution in [0.2, 0.25) is 0 Å². The van der Waals surface area contributed by atoms with Gasteiger partial charge in [-0.3, -0.25) is 0 Å². The van der Waals surface area contributed by atoms with Crippen molar-refractivity contribution >= 4 is 0 Å². The maximum Gasteiger partial charge on any atom is 0.118 e. The zero-order valence-electron chi connectivity index (χ0n) is 11.1. The molecule has 0 atom stereocenters. The number of ether oxygens (including phenoxy) is 2. The predicted molar refractivity (Wildman–Crippen MR) is 75.8 cm³/mol. The van der Waals surface area contributed by atoms with Crippen molar-refractivity contribution < 1.29 is 9.47 Å². The van der Waals surface area contributed by atoms with Crippen LogP contribution in [0.5, 0.6) is 5.75 Å². The summed E-state index contributed by atoms with van der Waals surface area (Å²) >= 11 is 0. The molecule has 2 aromatic rings. The van der Waals surface area contributed by atoms with E-state index in [0.29, 0.717) is 19.8 Å². The van der Waals surface area contributed by atoms with E-state index < -0.39 is 0 Å². The number of hydrogen-bond acceptors (Lipinski definition) is 3. The fraction of sp³-hybridized carbons (Fsp3) is 0.250. The number of benzene rings is 2. The monoisotopic (exact) mass is 257 g/mol. The van der Waals surface area contributed by atoms with Gasteiger partial charge in [0, 0.05) is 6.54 Å². The van der Waals surface area contributed by atoms with Crippen LogP contribution in [0.3, 0.4) is 0 Å². The largest absolute Gasteiger partial charge is 0.497 e. The van der Waals surface area contributed by atoms with E-state index >= 15 is 0 Å². The number of nitrogens with two attached hydrogens (primary N) is 1. The summed E-state index contributed by atoms with van der Waals surface area (Å²) in [5, 5.41) is 0. The van der Waals surface area contributed by atoms with Gasteiger partial charge in [-0.25, -0.2) is 0 Å². The predicted octanol–water partition coefficient (Wildman–Crippen LogP) is 2.87. The SMILES string of the molecule is COc1ccc(COCc2ccccc2CN)cc1. The first-order valence-corrected chi connectivity index (χ1v) is 6.31. The Morgan fingerprint density at radius 3 is 2.21 bits per heavy atom. The summed E-state index contributed by atoms with van der Waals surface area (Å²) in [4.78, 5) is 0. The molecular weight excluding hydrogens is 238 g/mol. The summed E-state index contributed by atoms with van der Waals surface area (Å²) in [5.74, 6) is 0.859. The van der Waals surface area contributed by atoms with Crippen molar-refractivity contribution in [1.29, 1.82) is 0 Å². The molecule has 100 valence electrons. The molecule has 3 heteroatoms. The van der Waals surface area contributed by atoms with Crippen LogP contribution in [-0.2, 0) is 24.5 Å². The molecule has 0 unspecified atom stereocenters. The van der Waals surface area contributed by atoms with Crippen molar-refractivity contribution in [3.8, 4) is 5.75 Å². The van der Waals surface area contributed by atoms with Crippen LogP contribution in [0.1, 0.15) is 16.7 Å². The third-order valence-corrected chi connectivity index (χ3v) is 3.02. The van der Waals surface area contributed by atoms with E-state index in [2.05, 4.69) is 6.07 Å². The first kappa shape index (κ1) is 13.6. The van der Waals surface area contributed by atoms with E-state index in [1.165, 1.54) is 0 Å². The molecule has 2 rings (SSSR count). The lowest BCUT2D eigenvalue weighted by atomic mass is 10.1. The summed E-state index contributed by atoms with van der Waals surface area (Å²) in [6.07, 6.45) is 0. The third-order valence-electron chi connectivity index (χ3n) is 3.02. The molecule has 0 saturated carbocycles. The van der Waals surface area contributed by atoms with Gasteiger partial charge in [0.25, 0.3) is 0 Å². The zero-order chi connectivity index (χ0) is 13.5. The van der Waals surface area contributed by atoms with Crippen LogP contribution >= 0.6 is 0 Å². The van der Waals surface area contributed by atoms with Gasteiger partial charge in [-0.15, -0.1) is 0 Å². The van der Waals surface area contributed by atoms with E-state index in [0.717, 1.165) is 22.4 Å². The molecule has 0 aliphatic carbocycles. The molecule has 0 radical (unpaired) electrons. The highest BCUT2D eigenvalue weighted by Gasteiger charge is 2.00. The minimum atomic E-state index is 0.544. The fourth-order valence-corrected chi connectivity index (χ4v) is 1.90. The Morgan fingerprint density at radius 1 is 0.895 bits per heavy atom. The first-order chi connectivity index (χ1) is 9.33. The van der Waals surface area contributed by atoms with E-state index in [1.54, 1.807) is 7.11 Å². The topological polar surface area (TPSA) is 44.5 Å². The van der Waals surface area contributed by atoms with Gasteiger partial charge in [-0.1, -0.05) is 36.4 Å². The second kappa shape index (κ2) is 6.92. The van der Waals surface area contributed by atoms with Gasteiger partial charge >= 0.3 is 0 Å². The lowest BCUT2D eigenvalue weighted by molar-refractivity contribution is 0.106. The van der Waals surface area contributed by atoms with Crippen LogP contribution in [0.25, 0.3) is 0 Å². The molecule has 0 spiro atoms. The molecule has 19 heavy (non-hydrogen) atoms. The standard InChI is InChI=1S/C16H19NO2/c1-18-16-8-6-13(7-9-16)11-19-12-15-5-3-2-4-14(15)10-17/h2-9H,10-12,17H2,1H3. The van der Waals surface area contributed by atoms with Gasteiger partial charge in [-0.05, 0) is 28.8 Å². The van der Waals surface area contributed by atoms with Crippen LogP contribution < -0.4 is 10.5 Å². The minimum Gasteiger partial charge on any atom is -0.497 e. The van der Waals surface area contributed by atoms with Gasteiger partial charge in [0.1, 0.15) is 5.75 Å². The average molecular weight is 257 g/mol. The van der Waals surface area contributed by atoms with Crippen LogP contribution in [0.4, 0.5) is 0 Å². The number of methoxy groups -OCH3 is 1. The summed E-state index contributed by atoms with van der Waals surface area (Å²) in [6.45, 7) is 1.71. The maximum atomic E-state index is 5.73. The van der Waals surface area contributed by atoms with Crippen molar-refractivity contribution in [2.45, 2.75) is 19.8 Å². The highest BCUT2D eigenvalue weighted by Crippen LogP contribution is 2.14. The van der Waals surface area contributed by atoms with Crippen LogP contribution in [-0.4, -0.2) is 7.11 Å². The summed E-state index contributed by atoms with van der Waals surface area (Å²) in [5.41, 5.74) is 9.11. The van der Waals surface area contributed by atoms with Gasteiger partial charge in [0.05, 0.1) is 20.3 Å². The molecule has 0 aliphatic rings. The molecule has 0 saturated heterocycles. The number of hydrogen-bond donors (Lipinski definition) is 1.